The molecule has 3 aromatic heterocycles. The van der Waals surface area contributed by atoms with E-state index in [-0.39, 0.29) is 0 Å². The summed E-state index contributed by atoms with van der Waals surface area (Å²) in [5, 5.41) is 8.77. The maximum Gasteiger partial charge on any atom is 0.300 e. The van der Waals surface area contributed by atoms with E-state index in [9.17, 15) is 0 Å². The van der Waals surface area contributed by atoms with Crippen LogP contribution < -0.4 is 11.1 Å². The molecule has 0 spiro atoms. The number of nitrogens with one attached hydrogen (secondary N) is 1. The molecule has 0 atom stereocenters. The Morgan fingerprint density at radius 1 is 1.07 bits per heavy atom. The summed E-state index contributed by atoms with van der Waals surface area (Å²) in [6.45, 7) is 2.94. The van der Waals surface area contributed by atoms with E-state index in [1.165, 1.54) is 6.33 Å². The van der Waals surface area contributed by atoms with Gasteiger partial charge in [-0.25, -0.2) is 14.6 Å². The normalized spacial score (nSPS) is 11.4. The smallest absolute Gasteiger partial charge is 0.300 e. The first kappa shape index (κ1) is 18.1. The lowest BCUT2D eigenvalue weighted by Gasteiger charge is -2.03. The van der Waals surface area contributed by atoms with Crippen LogP contribution in [0.2, 0.25) is 0 Å². The van der Waals surface area contributed by atoms with E-state index in [1.54, 1.807) is 0 Å². The van der Waals surface area contributed by atoms with Gasteiger partial charge in [0.15, 0.2) is 11.2 Å². The lowest BCUT2D eigenvalue weighted by Crippen LogP contribution is -2.01. The number of hydrogen-bond acceptors (Lipinski definition) is 7. The van der Waals surface area contributed by atoms with Crippen molar-refractivity contribution in [1.82, 2.24) is 24.7 Å². The Morgan fingerprint density at radius 3 is 2.70 bits per heavy atom. The Bertz CT molecular complexity index is 1290. The number of hydrogen-bond donors (Lipinski definition) is 2. The Balaban J connectivity index is 1.47. The largest absolute Gasteiger partial charge is 0.423 e. The molecule has 5 rings (SSSR count). The van der Waals surface area contributed by atoms with Crippen LogP contribution in [0.5, 0.6) is 0 Å². The number of aromatic nitrogens is 5. The van der Waals surface area contributed by atoms with Gasteiger partial charge in [0, 0.05) is 17.8 Å². The third-order valence-electron chi connectivity index (χ3n) is 4.99. The lowest BCUT2D eigenvalue weighted by atomic mass is 10.1. The number of nitrogens with zero attached hydrogens (tertiary/aromatic N) is 5. The number of benzene rings is 2. The minimum atomic E-state index is 0.437. The van der Waals surface area contributed by atoms with Gasteiger partial charge in [0.25, 0.3) is 6.01 Å². The fraction of sp³-hybridized carbons (Fsp3) is 0.182. The molecule has 2 aromatic carbocycles. The van der Waals surface area contributed by atoms with Gasteiger partial charge < -0.3 is 15.5 Å². The van der Waals surface area contributed by atoms with Crippen molar-refractivity contribution in [2.24, 2.45) is 0 Å². The molecule has 0 radical (unpaired) electrons. The van der Waals surface area contributed by atoms with Crippen LogP contribution in [-0.2, 0) is 6.54 Å². The van der Waals surface area contributed by atoms with Crippen LogP contribution in [0.3, 0.4) is 0 Å². The van der Waals surface area contributed by atoms with Gasteiger partial charge in [-0.2, -0.15) is 10.1 Å². The highest BCUT2D eigenvalue weighted by Gasteiger charge is 2.17. The van der Waals surface area contributed by atoms with E-state index in [4.69, 9.17) is 15.2 Å². The number of nitrogens with two attached hydrogens (primary N) is 1. The average Bonchev–Trinajstić information content (AvgIpc) is 3.34. The third kappa shape index (κ3) is 3.22. The summed E-state index contributed by atoms with van der Waals surface area (Å²) in [5.74, 6) is 0.437. The van der Waals surface area contributed by atoms with Gasteiger partial charge in [-0.05, 0) is 30.7 Å². The minimum Gasteiger partial charge on any atom is -0.423 e. The van der Waals surface area contributed by atoms with Gasteiger partial charge in [0.2, 0.25) is 0 Å². The summed E-state index contributed by atoms with van der Waals surface area (Å²) < 4.78 is 7.64. The fourth-order valence-electron chi connectivity index (χ4n) is 3.46. The average molecular weight is 399 g/mol. The van der Waals surface area contributed by atoms with Crippen molar-refractivity contribution < 1.29 is 4.42 Å². The number of aryl methyl sites for hydroxylation is 1. The van der Waals surface area contributed by atoms with E-state index in [0.29, 0.717) is 11.8 Å². The molecule has 0 bridgehead atoms. The maximum absolute atomic E-state index is 6.17. The van der Waals surface area contributed by atoms with Crippen LogP contribution in [0.4, 0.5) is 17.5 Å². The Hall–Kier alpha value is -3.94. The first-order valence-corrected chi connectivity index (χ1v) is 9.93. The zero-order valence-corrected chi connectivity index (χ0v) is 16.5. The highest BCUT2D eigenvalue weighted by molar-refractivity contribution is 5.98. The van der Waals surface area contributed by atoms with Crippen LogP contribution in [0.25, 0.3) is 33.4 Å². The molecule has 0 aliphatic heterocycles. The molecular weight excluding hydrogens is 378 g/mol. The van der Waals surface area contributed by atoms with Crippen molar-refractivity contribution in [3.8, 4) is 11.3 Å². The summed E-state index contributed by atoms with van der Waals surface area (Å²) in [4.78, 5) is 13.0. The molecule has 5 aromatic rings. The molecule has 0 saturated heterocycles. The number of oxazole rings is 1. The molecule has 8 heteroatoms. The summed E-state index contributed by atoms with van der Waals surface area (Å²) >= 11 is 0. The van der Waals surface area contributed by atoms with Crippen LogP contribution >= 0.6 is 0 Å². The number of fused-ring (bicyclic) bond motifs is 2. The fourth-order valence-corrected chi connectivity index (χ4v) is 3.46. The molecule has 3 N–H and O–H groups in total. The van der Waals surface area contributed by atoms with Crippen molar-refractivity contribution in [3.63, 3.8) is 0 Å². The predicted octanol–water partition coefficient (Wildman–Crippen LogP) is 4.76. The third-order valence-corrected chi connectivity index (χ3v) is 4.99. The molecule has 0 aliphatic carbocycles. The summed E-state index contributed by atoms with van der Waals surface area (Å²) in [5.41, 5.74) is 11.1. The number of para-hydroxylation sites is 2. The molecule has 30 heavy (non-hydrogen) atoms. The number of unbranched alkanes of at least 4 members (excludes halogenated alkanes) is 1. The zero-order chi connectivity index (χ0) is 20.5. The quantitative estimate of drug-likeness (QED) is 0.424. The van der Waals surface area contributed by atoms with E-state index >= 15 is 0 Å². The van der Waals surface area contributed by atoms with Crippen molar-refractivity contribution in [1.29, 1.82) is 0 Å². The number of rotatable bonds is 6. The van der Waals surface area contributed by atoms with E-state index < -0.39 is 0 Å². The van der Waals surface area contributed by atoms with Crippen molar-refractivity contribution in [2.45, 2.75) is 26.3 Å². The van der Waals surface area contributed by atoms with E-state index in [0.717, 1.165) is 58.5 Å². The molecule has 8 nitrogen and oxygen atoms in total. The monoisotopic (exact) mass is 399 g/mol. The van der Waals surface area contributed by atoms with Gasteiger partial charge in [-0.3, -0.25) is 0 Å². The molecule has 0 amide bonds. The molecule has 0 unspecified atom stereocenters. The van der Waals surface area contributed by atoms with Gasteiger partial charge >= 0.3 is 0 Å². The van der Waals surface area contributed by atoms with Crippen molar-refractivity contribution in [3.05, 3.63) is 54.9 Å². The number of nitrogen functional groups attached to an aromatic ring is 1. The van der Waals surface area contributed by atoms with E-state index in [1.807, 2.05) is 53.2 Å². The van der Waals surface area contributed by atoms with Crippen LogP contribution in [-0.4, -0.2) is 24.7 Å². The maximum atomic E-state index is 6.17. The molecule has 0 saturated carbocycles. The van der Waals surface area contributed by atoms with Gasteiger partial charge in [-0.15, -0.1) is 0 Å². The first-order valence-electron chi connectivity index (χ1n) is 9.93. The van der Waals surface area contributed by atoms with Crippen LogP contribution in [0, 0.1) is 0 Å². The summed E-state index contributed by atoms with van der Waals surface area (Å²) in [6.07, 6.45) is 3.58. The second kappa shape index (κ2) is 7.47. The minimum absolute atomic E-state index is 0.437. The second-order valence-electron chi connectivity index (χ2n) is 7.07. The topological polar surface area (TPSA) is 108 Å². The standard InChI is InChI=1S/C22H21N7O/c1-2-3-12-29-21-18(20(23)24-13-25-21)19(28-29)14-8-10-15(11-9-14)26-22-27-16-6-4-5-7-17(16)30-22/h4-11,13H,2-3,12H2,1H3,(H,26,27)(H2,23,24,25). The van der Waals surface area contributed by atoms with Gasteiger partial charge in [-0.1, -0.05) is 37.6 Å². The van der Waals surface area contributed by atoms with Crippen molar-refractivity contribution in [2.75, 3.05) is 11.1 Å². The predicted molar refractivity (Wildman–Crippen MR) is 117 cm³/mol. The SMILES string of the molecule is CCCCn1nc(-c2ccc(Nc3nc4ccccc4o3)cc2)c2c(N)ncnc21. The lowest BCUT2D eigenvalue weighted by molar-refractivity contribution is 0.585. The highest BCUT2D eigenvalue weighted by atomic mass is 16.4. The molecule has 150 valence electrons. The number of anilines is 3. The summed E-state index contributed by atoms with van der Waals surface area (Å²) in [7, 11) is 0. The van der Waals surface area contributed by atoms with Gasteiger partial charge in [0.1, 0.15) is 23.4 Å². The van der Waals surface area contributed by atoms with Crippen LogP contribution in [0.1, 0.15) is 19.8 Å². The van der Waals surface area contributed by atoms with Gasteiger partial charge in [0.05, 0.1) is 5.39 Å². The summed E-state index contributed by atoms with van der Waals surface area (Å²) in [6, 6.07) is 16.0. The molecule has 0 fully saturated rings. The molecule has 3 heterocycles. The first-order chi connectivity index (χ1) is 14.7. The highest BCUT2D eigenvalue weighted by Crippen LogP contribution is 2.31. The Morgan fingerprint density at radius 2 is 1.90 bits per heavy atom. The zero-order valence-electron chi connectivity index (χ0n) is 16.5. The van der Waals surface area contributed by atoms with Crippen LogP contribution in [0.15, 0.2) is 59.3 Å². The van der Waals surface area contributed by atoms with Crippen molar-refractivity contribution >= 4 is 39.7 Å². The molecular formula is C22H21N7O. The Labute approximate surface area is 172 Å². The molecule has 0 aliphatic rings. The second-order valence-corrected chi connectivity index (χ2v) is 7.07. The Kier molecular flexibility index (Phi) is 4.51. The van der Waals surface area contributed by atoms with E-state index in [2.05, 4.69) is 27.2 Å².